The van der Waals surface area contributed by atoms with Gasteiger partial charge in [-0.1, -0.05) is 12.1 Å². The summed E-state index contributed by atoms with van der Waals surface area (Å²) < 4.78 is 0. The Morgan fingerprint density at radius 1 is 1.58 bits per heavy atom. The lowest BCUT2D eigenvalue weighted by Gasteiger charge is -2.25. The molecular formula is C13H21N3O2S. The molecule has 0 aromatic carbocycles. The van der Waals surface area contributed by atoms with Crippen LogP contribution < -0.4 is 11.1 Å². The van der Waals surface area contributed by atoms with Crippen molar-refractivity contribution in [1.29, 1.82) is 0 Å². The van der Waals surface area contributed by atoms with Gasteiger partial charge in [0.2, 0.25) is 5.91 Å². The Labute approximate surface area is 117 Å². The predicted molar refractivity (Wildman–Crippen MR) is 77.4 cm³/mol. The van der Waals surface area contributed by atoms with Gasteiger partial charge in [-0.2, -0.15) is 0 Å². The number of nitrogens with one attached hydrogen (secondary N) is 1. The highest BCUT2D eigenvalue weighted by Crippen LogP contribution is 2.23. The Bertz CT molecular complexity index is 477. The van der Waals surface area contributed by atoms with Crippen LogP contribution in [0.25, 0.3) is 0 Å². The number of nitrogens with two attached hydrogens (primary N) is 1. The summed E-state index contributed by atoms with van der Waals surface area (Å²) in [6.07, 6.45) is 0.469. The zero-order valence-corrected chi connectivity index (χ0v) is 12.6. The number of oxime groups is 1. The lowest BCUT2D eigenvalue weighted by molar-refractivity contribution is -0.127. The zero-order chi connectivity index (χ0) is 14.6. The second kappa shape index (κ2) is 6.06. The molecule has 19 heavy (non-hydrogen) atoms. The van der Waals surface area contributed by atoms with Gasteiger partial charge in [-0.05, 0) is 38.8 Å². The fourth-order valence-electron chi connectivity index (χ4n) is 1.67. The molecule has 6 heteroatoms. The molecule has 1 unspecified atom stereocenters. The summed E-state index contributed by atoms with van der Waals surface area (Å²) in [4.78, 5) is 14.5. The van der Waals surface area contributed by atoms with Crippen molar-refractivity contribution in [3.05, 3.63) is 21.4 Å². The number of aryl methyl sites for hydroxylation is 2. The summed E-state index contributed by atoms with van der Waals surface area (Å²) in [6, 6.07) is 2.06. The summed E-state index contributed by atoms with van der Waals surface area (Å²) in [5, 5.41) is 14.6. The quantitative estimate of drug-likeness (QED) is 0.335. The maximum Gasteiger partial charge on any atom is 0.233 e. The molecule has 1 aromatic rings. The average molecular weight is 283 g/mol. The SMILES string of the molecule is CCC(C)(C(=O)NCc1cc(C)c(C)s1)C(N)=NO. The topological polar surface area (TPSA) is 87.7 Å². The van der Waals surface area contributed by atoms with E-state index in [1.165, 1.54) is 10.4 Å². The Balaban J connectivity index is 2.74. The van der Waals surface area contributed by atoms with Gasteiger partial charge in [-0.3, -0.25) is 4.79 Å². The number of nitrogens with zero attached hydrogens (tertiary/aromatic N) is 1. The lowest BCUT2D eigenvalue weighted by atomic mass is 9.85. The van der Waals surface area contributed by atoms with Crippen molar-refractivity contribution in [2.24, 2.45) is 16.3 Å². The van der Waals surface area contributed by atoms with Gasteiger partial charge >= 0.3 is 0 Å². The van der Waals surface area contributed by atoms with Gasteiger partial charge in [-0.15, -0.1) is 11.3 Å². The molecule has 1 heterocycles. The van der Waals surface area contributed by atoms with E-state index < -0.39 is 5.41 Å². The Morgan fingerprint density at radius 3 is 2.63 bits per heavy atom. The second-order valence-corrected chi connectivity index (χ2v) is 6.15. The third-order valence-corrected chi connectivity index (χ3v) is 4.67. The van der Waals surface area contributed by atoms with Crippen molar-refractivity contribution in [2.45, 2.75) is 40.7 Å². The fraction of sp³-hybridized carbons (Fsp3) is 0.538. The van der Waals surface area contributed by atoms with Gasteiger partial charge in [-0.25, -0.2) is 0 Å². The van der Waals surface area contributed by atoms with Gasteiger partial charge in [0.1, 0.15) is 5.41 Å². The second-order valence-electron chi connectivity index (χ2n) is 4.81. The summed E-state index contributed by atoms with van der Waals surface area (Å²) in [5.41, 5.74) is 5.85. The molecule has 0 saturated carbocycles. The van der Waals surface area contributed by atoms with Crippen molar-refractivity contribution in [1.82, 2.24) is 5.32 Å². The monoisotopic (exact) mass is 283 g/mol. The van der Waals surface area contributed by atoms with Crippen molar-refractivity contribution in [3.63, 3.8) is 0 Å². The van der Waals surface area contributed by atoms with E-state index in [1.807, 2.05) is 13.8 Å². The molecule has 0 aliphatic carbocycles. The molecule has 0 spiro atoms. The smallest absolute Gasteiger partial charge is 0.233 e. The highest BCUT2D eigenvalue weighted by Gasteiger charge is 2.36. The normalized spacial score (nSPS) is 15.1. The number of amides is 1. The first-order valence-electron chi connectivity index (χ1n) is 6.17. The van der Waals surface area contributed by atoms with Crippen LogP contribution in [0.3, 0.4) is 0 Å². The highest BCUT2D eigenvalue weighted by atomic mass is 32.1. The van der Waals surface area contributed by atoms with Crippen LogP contribution in [0.2, 0.25) is 0 Å². The van der Waals surface area contributed by atoms with Crippen molar-refractivity contribution in [3.8, 4) is 0 Å². The first kappa shape index (κ1) is 15.5. The number of thiophene rings is 1. The van der Waals surface area contributed by atoms with E-state index in [4.69, 9.17) is 10.9 Å². The highest BCUT2D eigenvalue weighted by molar-refractivity contribution is 7.12. The van der Waals surface area contributed by atoms with Crippen LogP contribution in [-0.2, 0) is 11.3 Å². The van der Waals surface area contributed by atoms with E-state index in [1.54, 1.807) is 18.3 Å². The number of amidine groups is 1. The third-order valence-electron chi connectivity index (χ3n) is 3.52. The predicted octanol–water partition coefficient (Wildman–Crippen LogP) is 2.14. The van der Waals surface area contributed by atoms with Crippen LogP contribution in [0.4, 0.5) is 0 Å². The molecular weight excluding hydrogens is 262 g/mol. The maximum absolute atomic E-state index is 12.2. The minimum absolute atomic E-state index is 0.0639. The van der Waals surface area contributed by atoms with Crippen LogP contribution in [0, 0.1) is 19.3 Å². The molecule has 1 aromatic heterocycles. The number of carbonyl (C=O) groups is 1. The lowest BCUT2D eigenvalue weighted by Crippen LogP contribution is -2.47. The van der Waals surface area contributed by atoms with E-state index in [-0.39, 0.29) is 11.7 Å². The average Bonchev–Trinajstić information content (AvgIpc) is 2.73. The number of rotatable bonds is 5. The summed E-state index contributed by atoms with van der Waals surface area (Å²) >= 11 is 1.66. The summed E-state index contributed by atoms with van der Waals surface area (Å²) in [7, 11) is 0. The largest absolute Gasteiger partial charge is 0.409 e. The Morgan fingerprint density at radius 2 is 2.21 bits per heavy atom. The van der Waals surface area contributed by atoms with E-state index in [2.05, 4.69) is 23.5 Å². The van der Waals surface area contributed by atoms with Crippen molar-refractivity contribution >= 4 is 23.1 Å². The number of hydrogen-bond acceptors (Lipinski definition) is 4. The van der Waals surface area contributed by atoms with Crippen molar-refractivity contribution < 1.29 is 10.0 Å². The van der Waals surface area contributed by atoms with E-state index in [0.717, 1.165) is 4.88 Å². The minimum atomic E-state index is -0.976. The van der Waals surface area contributed by atoms with E-state index >= 15 is 0 Å². The van der Waals surface area contributed by atoms with Gasteiger partial charge in [0.25, 0.3) is 0 Å². The van der Waals surface area contributed by atoms with Gasteiger partial charge in [0.15, 0.2) is 5.84 Å². The third kappa shape index (κ3) is 3.26. The summed E-state index contributed by atoms with van der Waals surface area (Å²) in [5.74, 6) is -0.292. The molecule has 0 saturated heterocycles. The summed E-state index contributed by atoms with van der Waals surface area (Å²) in [6.45, 7) is 8.06. The molecule has 1 amide bonds. The van der Waals surface area contributed by atoms with Crippen molar-refractivity contribution in [2.75, 3.05) is 0 Å². The standard InChI is InChI=1S/C13H21N3O2S/c1-5-13(4,11(14)16-18)12(17)15-7-10-6-8(2)9(3)19-10/h6,18H,5,7H2,1-4H3,(H2,14,16)(H,15,17). The maximum atomic E-state index is 12.2. The van der Waals surface area contributed by atoms with Crippen LogP contribution in [0.5, 0.6) is 0 Å². The Hall–Kier alpha value is -1.56. The molecule has 4 N–H and O–H groups in total. The van der Waals surface area contributed by atoms with E-state index in [0.29, 0.717) is 13.0 Å². The molecule has 1 rings (SSSR count). The van der Waals surface area contributed by atoms with E-state index in [9.17, 15) is 4.79 Å². The van der Waals surface area contributed by atoms with Gasteiger partial charge < -0.3 is 16.3 Å². The molecule has 0 bridgehead atoms. The molecule has 5 nitrogen and oxygen atoms in total. The van der Waals surface area contributed by atoms with Crippen LogP contribution in [-0.4, -0.2) is 17.0 Å². The molecule has 1 atom stereocenters. The van der Waals surface area contributed by atoms with Crippen LogP contribution in [0.1, 0.15) is 35.6 Å². The fourth-order valence-corrected chi connectivity index (χ4v) is 2.66. The number of hydrogen-bond donors (Lipinski definition) is 3. The number of carbonyl (C=O) groups excluding carboxylic acids is 1. The molecule has 0 aliphatic rings. The molecule has 0 radical (unpaired) electrons. The zero-order valence-electron chi connectivity index (χ0n) is 11.8. The molecule has 0 fully saturated rings. The van der Waals surface area contributed by atoms with Gasteiger partial charge in [0.05, 0.1) is 6.54 Å². The first-order chi connectivity index (χ1) is 8.85. The van der Waals surface area contributed by atoms with Crippen LogP contribution >= 0.6 is 11.3 Å². The first-order valence-corrected chi connectivity index (χ1v) is 6.99. The Kier molecular flexibility index (Phi) is 4.94. The van der Waals surface area contributed by atoms with Crippen LogP contribution in [0.15, 0.2) is 11.2 Å². The van der Waals surface area contributed by atoms with Gasteiger partial charge in [0, 0.05) is 9.75 Å². The minimum Gasteiger partial charge on any atom is -0.409 e. The molecule has 106 valence electrons. The molecule has 0 aliphatic heterocycles.